The average Bonchev–Trinajstić information content (AvgIpc) is 2.27. The number of hydrogen-bond acceptors (Lipinski definition) is 4. The van der Waals surface area contributed by atoms with Gasteiger partial charge in [0.1, 0.15) is 0 Å². The quantitative estimate of drug-likeness (QED) is 0.642. The molecule has 1 amide bonds. The Labute approximate surface area is 103 Å². The molecule has 0 radical (unpaired) electrons. The monoisotopic (exact) mass is 245 g/mol. The number of ether oxygens (including phenoxy) is 1. The normalized spacial score (nSPS) is 10.4. The fraction of sp³-hybridized carbons (Fsp3) is 0.833. The van der Waals surface area contributed by atoms with Crippen molar-refractivity contribution in [3.63, 3.8) is 0 Å². The third-order valence-electron chi connectivity index (χ3n) is 2.34. The molecule has 0 aromatic rings. The number of nitrogens with zero attached hydrogens (tertiary/aromatic N) is 1. The first-order valence-corrected chi connectivity index (χ1v) is 5.96. The van der Waals surface area contributed by atoms with Crippen molar-refractivity contribution in [2.75, 3.05) is 26.8 Å². The van der Waals surface area contributed by atoms with E-state index in [0.717, 1.165) is 0 Å². The Hall–Kier alpha value is -1.10. The summed E-state index contributed by atoms with van der Waals surface area (Å²) in [6.07, 6.45) is 1.20. The highest BCUT2D eigenvalue weighted by Gasteiger charge is 2.15. The molecule has 17 heavy (non-hydrogen) atoms. The Bertz CT molecular complexity index is 241. The van der Waals surface area contributed by atoms with Crippen LogP contribution >= 0.6 is 0 Å². The van der Waals surface area contributed by atoms with E-state index in [-0.39, 0.29) is 30.8 Å². The van der Waals surface area contributed by atoms with Crippen molar-refractivity contribution in [3.8, 4) is 0 Å². The number of methoxy groups -OCH3 is 1. The summed E-state index contributed by atoms with van der Waals surface area (Å²) in [5.41, 5.74) is 0. The fourth-order valence-corrected chi connectivity index (χ4v) is 1.43. The van der Waals surface area contributed by atoms with Gasteiger partial charge in [-0.2, -0.15) is 0 Å². The van der Waals surface area contributed by atoms with Gasteiger partial charge >= 0.3 is 5.97 Å². The molecule has 0 aromatic heterocycles. The van der Waals surface area contributed by atoms with Crippen molar-refractivity contribution in [2.45, 2.75) is 33.1 Å². The van der Waals surface area contributed by atoms with Gasteiger partial charge in [0, 0.05) is 26.1 Å². The van der Waals surface area contributed by atoms with Crippen LogP contribution in [0, 0.1) is 5.92 Å². The molecule has 5 heteroatoms. The minimum atomic E-state index is -0.323. The zero-order valence-electron chi connectivity index (χ0n) is 10.9. The molecule has 0 aliphatic heterocycles. The predicted octanol–water partition coefficient (Wildman–Crippen LogP) is 0.807. The number of carbonyl (C=O) groups is 2. The third-order valence-corrected chi connectivity index (χ3v) is 2.34. The average molecular weight is 245 g/mol. The Balaban J connectivity index is 4.21. The maximum Gasteiger partial charge on any atom is 0.307 e. The SMILES string of the molecule is COC(=O)CCN(CCCO)C(=O)CC(C)C. The molecule has 0 saturated heterocycles. The molecule has 0 aliphatic rings. The molecule has 0 spiro atoms. The molecule has 0 aliphatic carbocycles. The van der Waals surface area contributed by atoms with Crippen molar-refractivity contribution in [2.24, 2.45) is 5.92 Å². The Morgan fingerprint density at radius 3 is 2.41 bits per heavy atom. The molecule has 0 rings (SSSR count). The number of amides is 1. The summed E-state index contributed by atoms with van der Waals surface area (Å²) >= 11 is 0. The molecule has 0 saturated carbocycles. The van der Waals surface area contributed by atoms with Crippen LogP contribution in [0.2, 0.25) is 0 Å². The second kappa shape index (κ2) is 8.98. The van der Waals surface area contributed by atoms with Crippen LogP contribution in [0.15, 0.2) is 0 Å². The van der Waals surface area contributed by atoms with Gasteiger partial charge in [-0.3, -0.25) is 9.59 Å². The Morgan fingerprint density at radius 1 is 1.29 bits per heavy atom. The molecule has 5 nitrogen and oxygen atoms in total. The summed E-state index contributed by atoms with van der Waals surface area (Å²) in [6, 6.07) is 0. The lowest BCUT2D eigenvalue weighted by molar-refractivity contribution is -0.141. The topological polar surface area (TPSA) is 66.8 Å². The highest BCUT2D eigenvalue weighted by molar-refractivity contribution is 5.77. The Kier molecular flexibility index (Phi) is 8.40. The molecule has 0 bridgehead atoms. The molecular weight excluding hydrogens is 222 g/mol. The molecule has 0 aromatic carbocycles. The van der Waals surface area contributed by atoms with E-state index in [2.05, 4.69) is 4.74 Å². The van der Waals surface area contributed by atoms with Crippen LogP contribution in [-0.2, 0) is 14.3 Å². The summed E-state index contributed by atoms with van der Waals surface area (Å²) in [5.74, 6) is -0.00838. The molecule has 0 fully saturated rings. The fourth-order valence-electron chi connectivity index (χ4n) is 1.43. The van der Waals surface area contributed by atoms with Gasteiger partial charge in [0.05, 0.1) is 13.5 Å². The van der Waals surface area contributed by atoms with Crippen molar-refractivity contribution in [3.05, 3.63) is 0 Å². The standard InChI is InChI=1S/C12H23NO4/c1-10(2)9-11(15)13(6-4-8-14)7-5-12(16)17-3/h10,14H,4-9H2,1-3H3. The van der Waals surface area contributed by atoms with Gasteiger partial charge in [0.2, 0.25) is 5.91 Å². The number of esters is 1. The zero-order chi connectivity index (χ0) is 13.3. The smallest absolute Gasteiger partial charge is 0.307 e. The van der Waals surface area contributed by atoms with Crippen LogP contribution in [0.3, 0.4) is 0 Å². The molecule has 100 valence electrons. The van der Waals surface area contributed by atoms with Crippen LogP contribution < -0.4 is 0 Å². The van der Waals surface area contributed by atoms with Gasteiger partial charge in [-0.05, 0) is 12.3 Å². The van der Waals surface area contributed by atoms with Crippen LogP contribution in [0.4, 0.5) is 0 Å². The number of hydrogen-bond donors (Lipinski definition) is 1. The van der Waals surface area contributed by atoms with E-state index in [1.807, 2.05) is 13.8 Å². The summed E-state index contributed by atoms with van der Waals surface area (Å²) in [7, 11) is 1.33. The summed E-state index contributed by atoms with van der Waals surface area (Å²) < 4.78 is 4.54. The molecule has 0 atom stereocenters. The molecule has 0 unspecified atom stereocenters. The Morgan fingerprint density at radius 2 is 1.94 bits per heavy atom. The zero-order valence-corrected chi connectivity index (χ0v) is 10.9. The number of carbonyl (C=O) groups excluding carboxylic acids is 2. The van der Waals surface area contributed by atoms with Gasteiger partial charge < -0.3 is 14.7 Å². The predicted molar refractivity (Wildman–Crippen MR) is 64.4 cm³/mol. The van der Waals surface area contributed by atoms with Crippen molar-refractivity contribution < 1.29 is 19.4 Å². The van der Waals surface area contributed by atoms with Gasteiger partial charge in [-0.1, -0.05) is 13.8 Å². The minimum absolute atomic E-state index is 0.0253. The van der Waals surface area contributed by atoms with E-state index in [1.165, 1.54) is 7.11 Å². The maximum atomic E-state index is 11.9. The van der Waals surface area contributed by atoms with E-state index < -0.39 is 0 Å². The summed E-state index contributed by atoms with van der Waals surface area (Å²) in [6.45, 7) is 4.84. The summed E-state index contributed by atoms with van der Waals surface area (Å²) in [5, 5.41) is 8.77. The van der Waals surface area contributed by atoms with E-state index >= 15 is 0 Å². The molecule has 1 N–H and O–H groups in total. The van der Waals surface area contributed by atoms with Crippen LogP contribution in [-0.4, -0.2) is 48.7 Å². The highest BCUT2D eigenvalue weighted by atomic mass is 16.5. The first kappa shape index (κ1) is 15.9. The lowest BCUT2D eigenvalue weighted by Crippen LogP contribution is -2.35. The van der Waals surface area contributed by atoms with E-state index in [0.29, 0.717) is 25.9 Å². The number of aliphatic hydroxyl groups is 1. The number of aliphatic hydroxyl groups excluding tert-OH is 1. The first-order valence-electron chi connectivity index (χ1n) is 5.96. The maximum absolute atomic E-state index is 11.9. The van der Waals surface area contributed by atoms with E-state index in [1.54, 1.807) is 4.90 Å². The van der Waals surface area contributed by atoms with Crippen LogP contribution in [0.1, 0.15) is 33.1 Å². The van der Waals surface area contributed by atoms with E-state index in [9.17, 15) is 9.59 Å². The first-order chi connectivity index (χ1) is 8.01. The lowest BCUT2D eigenvalue weighted by atomic mass is 10.1. The van der Waals surface area contributed by atoms with Crippen LogP contribution in [0.25, 0.3) is 0 Å². The third kappa shape index (κ3) is 7.74. The van der Waals surface area contributed by atoms with Gasteiger partial charge in [-0.15, -0.1) is 0 Å². The van der Waals surface area contributed by atoms with Gasteiger partial charge in [0.15, 0.2) is 0 Å². The highest BCUT2D eigenvalue weighted by Crippen LogP contribution is 2.06. The van der Waals surface area contributed by atoms with Gasteiger partial charge in [-0.25, -0.2) is 0 Å². The minimum Gasteiger partial charge on any atom is -0.469 e. The lowest BCUT2D eigenvalue weighted by Gasteiger charge is -2.22. The van der Waals surface area contributed by atoms with Crippen molar-refractivity contribution in [1.82, 2.24) is 4.90 Å². The largest absolute Gasteiger partial charge is 0.469 e. The summed E-state index contributed by atoms with van der Waals surface area (Å²) in [4.78, 5) is 24.5. The number of rotatable bonds is 8. The molecular formula is C12H23NO4. The second-order valence-corrected chi connectivity index (χ2v) is 4.38. The van der Waals surface area contributed by atoms with Crippen molar-refractivity contribution in [1.29, 1.82) is 0 Å². The molecule has 0 heterocycles. The van der Waals surface area contributed by atoms with Crippen molar-refractivity contribution >= 4 is 11.9 Å². The van der Waals surface area contributed by atoms with Crippen LogP contribution in [0.5, 0.6) is 0 Å². The van der Waals surface area contributed by atoms with E-state index in [4.69, 9.17) is 5.11 Å². The van der Waals surface area contributed by atoms with Gasteiger partial charge in [0.25, 0.3) is 0 Å². The second-order valence-electron chi connectivity index (χ2n) is 4.38.